The molecule has 1 N–H and O–H groups in total. The topological polar surface area (TPSA) is 29.5 Å². The summed E-state index contributed by atoms with van der Waals surface area (Å²) in [6.07, 6.45) is 0. The Morgan fingerprint density at radius 1 is 1.50 bits per heavy atom. The third-order valence-electron chi connectivity index (χ3n) is 0.667. The van der Waals surface area contributed by atoms with Crippen molar-refractivity contribution >= 4 is 11.8 Å². The van der Waals surface area contributed by atoms with E-state index in [1.807, 2.05) is 0 Å². The first-order valence-electron chi connectivity index (χ1n) is 2.59. The normalized spacial score (nSPS) is 9.75. The molecule has 0 rings (SSSR count). The lowest BCUT2D eigenvalue weighted by molar-refractivity contribution is 0.218. The van der Waals surface area contributed by atoms with E-state index >= 15 is 0 Å². The van der Waals surface area contributed by atoms with Crippen LogP contribution >= 0.6 is 11.8 Å². The molecule has 0 aliphatic heterocycles. The molecule has 0 spiro atoms. The monoisotopic (exact) mass is 136 g/mol. The van der Waals surface area contributed by atoms with E-state index < -0.39 is 0 Å². The summed E-state index contributed by atoms with van der Waals surface area (Å²) in [5.41, 5.74) is 0. The van der Waals surface area contributed by atoms with Crippen LogP contribution in [0.2, 0.25) is 0 Å². The van der Waals surface area contributed by atoms with Crippen LogP contribution in [-0.2, 0) is 4.74 Å². The molecule has 0 unspecified atom stereocenters. The minimum atomic E-state index is 0.272. The Morgan fingerprint density at radius 2 is 2.25 bits per heavy atom. The second kappa shape index (κ2) is 7.27. The highest BCUT2D eigenvalue weighted by molar-refractivity contribution is 7.99. The molecule has 0 heterocycles. The van der Waals surface area contributed by atoms with Gasteiger partial charge in [-0.1, -0.05) is 0 Å². The molecule has 8 heavy (non-hydrogen) atoms. The summed E-state index contributed by atoms with van der Waals surface area (Å²) < 4.78 is 4.79. The van der Waals surface area contributed by atoms with Gasteiger partial charge in [0.1, 0.15) is 0 Å². The fraction of sp³-hybridized carbons (Fsp3) is 1.00. The molecular formula is C5H12O2S. The van der Waals surface area contributed by atoms with Gasteiger partial charge in [-0.05, 0) is 0 Å². The molecule has 0 aromatic carbocycles. The Kier molecular flexibility index (Phi) is 7.52. The molecule has 0 aromatic rings. The molecule has 50 valence electrons. The fourth-order valence-electron chi connectivity index (χ4n) is 0.309. The quantitative estimate of drug-likeness (QED) is 0.553. The fourth-order valence-corrected chi connectivity index (χ4v) is 0.927. The van der Waals surface area contributed by atoms with Crippen LogP contribution in [-0.4, -0.2) is 36.9 Å². The van der Waals surface area contributed by atoms with E-state index in [0.29, 0.717) is 0 Å². The first-order chi connectivity index (χ1) is 3.91. The summed E-state index contributed by atoms with van der Waals surface area (Å²) in [5.74, 6) is 1.81. The lowest BCUT2D eigenvalue weighted by Gasteiger charge is -1.95. The van der Waals surface area contributed by atoms with E-state index in [4.69, 9.17) is 9.84 Å². The summed E-state index contributed by atoms with van der Waals surface area (Å²) in [6, 6.07) is 0. The number of rotatable bonds is 5. The summed E-state index contributed by atoms with van der Waals surface area (Å²) in [7, 11) is 1.68. The third kappa shape index (κ3) is 6.27. The van der Waals surface area contributed by atoms with E-state index in [2.05, 4.69) is 0 Å². The molecule has 0 saturated carbocycles. The molecule has 0 aliphatic rings. The van der Waals surface area contributed by atoms with Gasteiger partial charge < -0.3 is 9.84 Å². The van der Waals surface area contributed by atoms with Gasteiger partial charge in [-0.25, -0.2) is 0 Å². The second-order valence-electron chi connectivity index (χ2n) is 1.33. The maximum absolute atomic E-state index is 8.30. The summed E-state index contributed by atoms with van der Waals surface area (Å²) in [5, 5.41) is 8.30. The molecule has 0 aliphatic carbocycles. The molecule has 0 amide bonds. The van der Waals surface area contributed by atoms with Crippen LogP contribution in [0.3, 0.4) is 0 Å². The Morgan fingerprint density at radius 3 is 2.75 bits per heavy atom. The van der Waals surface area contributed by atoms with Gasteiger partial charge in [-0.15, -0.1) is 0 Å². The average Bonchev–Trinajstić information content (AvgIpc) is 1.81. The van der Waals surface area contributed by atoms with Crippen LogP contribution in [0.4, 0.5) is 0 Å². The highest BCUT2D eigenvalue weighted by atomic mass is 32.2. The van der Waals surface area contributed by atoms with Crippen molar-refractivity contribution in [2.24, 2.45) is 0 Å². The summed E-state index contributed by atoms with van der Waals surface area (Å²) in [4.78, 5) is 0. The van der Waals surface area contributed by atoms with Crippen molar-refractivity contribution in [3.8, 4) is 0 Å². The average molecular weight is 136 g/mol. The van der Waals surface area contributed by atoms with E-state index in [0.717, 1.165) is 18.1 Å². The molecule has 0 aromatic heterocycles. The van der Waals surface area contributed by atoms with Gasteiger partial charge in [0, 0.05) is 18.6 Å². The van der Waals surface area contributed by atoms with Crippen molar-refractivity contribution in [2.45, 2.75) is 0 Å². The lowest BCUT2D eigenvalue weighted by Crippen LogP contribution is -1.94. The zero-order valence-electron chi connectivity index (χ0n) is 5.09. The molecule has 2 nitrogen and oxygen atoms in total. The highest BCUT2D eigenvalue weighted by Gasteiger charge is 1.83. The number of aliphatic hydroxyl groups is 1. The maximum atomic E-state index is 8.30. The first-order valence-corrected chi connectivity index (χ1v) is 3.75. The van der Waals surface area contributed by atoms with Gasteiger partial charge in [0.2, 0.25) is 0 Å². The number of methoxy groups -OCH3 is 1. The predicted molar refractivity (Wildman–Crippen MR) is 36.3 cm³/mol. The standard InChI is InChI=1S/C5H12O2S/c1-7-3-5-8-4-2-6/h6H,2-5H2,1H3. The Labute approximate surface area is 54.2 Å². The Bertz CT molecular complexity index is 35.4. The number of thioether (sulfide) groups is 1. The van der Waals surface area contributed by atoms with Gasteiger partial charge in [-0.3, -0.25) is 0 Å². The Hall–Kier alpha value is 0.270. The van der Waals surface area contributed by atoms with Crippen LogP contribution in [0.25, 0.3) is 0 Å². The predicted octanol–water partition coefficient (Wildman–Crippen LogP) is 0.358. The van der Waals surface area contributed by atoms with Crippen LogP contribution in [0.5, 0.6) is 0 Å². The summed E-state index contributed by atoms with van der Waals surface area (Å²) in [6.45, 7) is 1.05. The third-order valence-corrected chi connectivity index (χ3v) is 1.59. The van der Waals surface area contributed by atoms with E-state index in [9.17, 15) is 0 Å². The molecule has 0 radical (unpaired) electrons. The SMILES string of the molecule is COCCSCCO. The molecular weight excluding hydrogens is 124 g/mol. The van der Waals surface area contributed by atoms with Gasteiger partial charge >= 0.3 is 0 Å². The second-order valence-corrected chi connectivity index (χ2v) is 2.55. The summed E-state index contributed by atoms with van der Waals surface area (Å²) >= 11 is 1.70. The van der Waals surface area contributed by atoms with Crippen LogP contribution in [0, 0.1) is 0 Å². The molecule has 0 atom stereocenters. The molecule has 0 bridgehead atoms. The van der Waals surface area contributed by atoms with Gasteiger partial charge in [0.05, 0.1) is 13.2 Å². The van der Waals surface area contributed by atoms with Crippen molar-refractivity contribution < 1.29 is 9.84 Å². The van der Waals surface area contributed by atoms with Crippen molar-refractivity contribution in [1.82, 2.24) is 0 Å². The van der Waals surface area contributed by atoms with Crippen LogP contribution < -0.4 is 0 Å². The number of hydrogen-bond donors (Lipinski definition) is 1. The van der Waals surface area contributed by atoms with Crippen molar-refractivity contribution in [1.29, 1.82) is 0 Å². The van der Waals surface area contributed by atoms with Gasteiger partial charge in [0.25, 0.3) is 0 Å². The van der Waals surface area contributed by atoms with Crippen molar-refractivity contribution in [3.05, 3.63) is 0 Å². The number of ether oxygens (including phenoxy) is 1. The smallest absolute Gasteiger partial charge is 0.0552 e. The van der Waals surface area contributed by atoms with Gasteiger partial charge in [-0.2, -0.15) is 11.8 Å². The zero-order chi connectivity index (χ0) is 6.24. The minimum Gasteiger partial charge on any atom is -0.396 e. The van der Waals surface area contributed by atoms with E-state index in [-0.39, 0.29) is 6.61 Å². The highest BCUT2D eigenvalue weighted by Crippen LogP contribution is 1.96. The van der Waals surface area contributed by atoms with Crippen LogP contribution in [0.15, 0.2) is 0 Å². The molecule has 0 fully saturated rings. The van der Waals surface area contributed by atoms with Crippen molar-refractivity contribution in [2.75, 3.05) is 31.8 Å². The molecule has 0 saturated heterocycles. The number of hydrogen-bond acceptors (Lipinski definition) is 3. The van der Waals surface area contributed by atoms with Crippen LogP contribution in [0.1, 0.15) is 0 Å². The largest absolute Gasteiger partial charge is 0.396 e. The minimum absolute atomic E-state index is 0.272. The zero-order valence-corrected chi connectivity index (χ0v) is 5.91. The Balaban J connectivity index is 2.53. The van der Waals surface area contributed by atoms with Gasteiger partial charge in [0.15, 0.2) is 0 Å². The number of aliphatic hydroxyl groups excluding tert-OH is 1. The maximum Gasteiger partial charge on any atom is 0.0552 e. The van der Waals surface area contributed by atoms with E-state index in [1.54, 1.807) is 18.9 Å². The van der Waals surface area contributed by atoms with E-state index in [1.165, 1.54) is 0 Å². The first kappa shape index (κ1) is 8.27. The van der Waals surface area contributed by atoms with Crippen molar-refractivity contribution in [3.63, 3.8) is 0 Å². The molecule has 3 heteroatoms. The lowest BCUT2D eigenvalue weighted by atomic mass is 10.9.